The number of ether oxygens (including phenoxy) is 1. The molecule has 0 bridgehead atoms. The number of aryl methyl sites for hydroxylation is 1. The lowest BCUT2D eigenvalue weighted by atomic mass is 10.0. The van der Waals surface area contributed by atoms with Crippen molar-refractivity contribution in [2.75, 3.05) is 0 Å². The lowest BCUT2D eigenvalue weighted by Gasteiger charge is -2.07. The number of hydrogen-bond acceptors (Lipinski definition) is 3. The Hall–Kier alpha value is -4.24. The van der Waals surface area contributed by atoms with Gasteiger partial charge in [0.2, 0.25) is 0 Å². The summed E-state index contributed by atoms with van der Waals surface area (Å²) in [6.45, 7) is 1.87. The van der Waals surface area contributed by atoms with E-state index in [0.29, 0.717) is 16.9 Å². The van der Waals surface area contributed by atoms with Crippen LogP contribution in [-0.4, -0.2) is 11.8 Å². The van der Waals surface area contributed by atoms with Gasteiger partial charge in [-0.05, 0) is 53.5 Å². The van der Waals surface area contributed by atoms with Crippen LogP contribution in [0.25, 0.3) is 17.2 Å². The number of ketones is 1. The molecule has 0 spiro atoms. The molecule has 4 aromatic rings. The van der Waals surface area contributed by atoms with E-state index in [9.17, 15) is 9.59 Å². The second-order valence-corrected chi connectivity index (χ2v) is 7.42. The zero-order valence-corrected chi connectivity index (χ0v) is 17.7. The lowest BCUT2D eigenvalue weighted by Crippen LogP contribution is -2.10. The zero-order valence-electron chi connectivity index (χ0n) is 17.7. The maximum Gasteiger partial charge on any atom is 0.343 e. The van der Waals surface area contributed by atoms with E-state index in [4.69, 9.17) is 4.74 Å². The summed E-state index contributed by atoms with van der Waals surface area (Å²) in [6.07, 6.45) is 3.25. The van der Waals surface area contributed by atoms with Crippen LogP contribution in [-0.2, 0) is 0 Å². The van der Waals surface area contributed by atoms with Gasteiger partial charge < -0.3 is 4.74 Å². The Bertz CT molecular complexity index is 1270. The van der Waals surface area contributed by atoms with Crippen molar-refractivity contribution in [1.29, 1.82) is 0 Å². The molecular formula is C29H22O3. The largest absolute Gasteiger partial charge is 0.423 e. The number of rotatable bonds is 6. The Kier molecular flexibility index (Phi) is 6.38. The SMILES string of the molecule is Cc1ccccc1C(=O)Oc1cccc(C=CC(=O)c2ccc(-c3ccccc3)cc2)c1. The molecule has 0 aromatic heterocycles. The first-order valence-electron chi connectivity index (χ1n) is 10.4. The molecule has 0 N–H and O–H groups in total. The Morgan fingerprint density at radius 3 is 2.16 bits per heavy atom. The molecule has 0 fully saturated rings. The Balaban J connectivity index is 1.44. The number of allylic oxidation sites excluding steroid dienone is 1. The average molecular weight is 418 g/mol. The molecular weight excluding hydrogens is 396 g/mol. The van der Waals surface area contributed by atoms with Crippen molar-refractivity contribution in [3.05, 3.63) is 131 Å². The summed E-state index contributed by atoms with van der Waals surface area (Å²) in [5.74, 6) is -0.0641. The molecule has 0 saturated carbocycles. The second-order valence-electron chi connectivity index (χ2n) is 7.42. The maximum atomic E-state index is 12.6. The molecule has 0 amide bonds. The van der Waals surface area contributed by atoms with Gasteiger partial charge in [-0.1, -0.05) is 91.0 Å². The Morgan fingerprint density at radius 2 is 1.41 bits per heavy atom. The fraction of sp³-hybridized carbons (Fsp3) is 0.0345. The molecule has 0 atom stereocenters. The minimum Gasteiger partial charge on any atom is -0.423 e. The molecule has 0 radical (unpaired) electrons. The van der Waals surface area contributed by atoms with Crippen molar-refractivity contribution >= 4 is 17.8 Å². The summed E-state index contributed by atoms with van der Waals surface area (Å²) in [7, 11) is 0. The first-order chi connectivity index (χ1) is 15.6. The molecule has 4 rings (SSSR count). The molecule has 0 aliphatic heterocycles. The van der Waals surface area contributed by atoms with Gasteiger partial charge in [0.05, 0.1) is 5.56 Å². The molecule has 0 aliphatic carbocycles. The summed E-state index contributed by atoms with van der Waals surface area (Å²) in [4.78, 5) is 25.0. The predicted octanol–water partition coefficient (Wildman–Crippen LogP) is 6.78. The van der Waals surface area contributed by atoms with Gasteiger partial charge in [-0.25, -0.2) is 4.79 Å². The third kappa shape index (κ3) is 5.08. The monoisotopic (exact) mass is 418 g/mol. The molecule has 32 heavy (non-hydrogen) atoms. The quantitative estimate of drug-likeness (QED) is 0.150. The van der Waals surface area contributed by atoms with Gasteiger partial charge in [0.25, 0.3) is 0 Å². The van der Waals surface area contributed by atoms with Crippen LogP contribution in [0.2, 0.25) is 0 Å². The highest BCUT2D eigenvalue weighted by Crippen LogP contribution is 2.20. The van der Waals surface area contributed by atoms with Crippen molar-refractivity contribution in [2.24, 2.45) is 0 Å². The summed E-state index contributed by atoms with van der Waals surface area (Å²) in [5.41, 5.74) is 4.95. The highest BCUT2D eigenvalue weighted by molar-refractivity contribution is 6.07. The molecule has 4 aromatic carbocycles. The van der Waals surface area contributed by atoms with Crippen molar-refractivity contribution < 1.29 is 14.3 Å². The van der Waals surface area contributed by atoms with E-state index in [2.05, 4.69) is 0 Å². The van der Waals surface area contributed by atoms with Crippen LogP contribution < -0.4 is 4.74 Å². The third-order valence-electron chi connectivity index (χ3n) is 5.14. The standard InChI is InChI=1S/C29H22O3/c1-21-8-5-6-13-27(21)29(31)32-26-12-7-9-22(20-26)14-19-28(30)25-17-15-24(16-18-25)23-10-3-2-4-11-23/h2-20H,1H3. The number of carbonyl (C=O) groups is 2. The van der Waals surface area contributed by atoms with Crippen LogP contribution in [0, 0.1) is 6.92 Å². The highest BCUT2D eigenvalue weighted by atomic mass is 16.5. The fourth-order valence-electron chi connectivity index (χ4n) is 3.37. The number of carbonyl (C=O) groups excluding carboxylic acids is 2. The first-order valence-corrected chi connectivity index (χ1v) is 10.4. The second kappa shape index (κ2) is 9.71. The average Bonchev–Trinajstić information content (AvgIpc) is 2.83. The number of hydrogen-bond donors (Lipinski definition) is 0. The third-order valence-corrected chi connectivity index (χ3v) is 5.14. The highest BCUT2D eigenvalue weighted by Gasteiger charge is 2.11. The van der Waals surface area contributed by atoms with Crippen molar-refractivity contribution in [2.45, 2.75) is 6.92 Å². The van der Waals surface area contributed by atoms with Crippen molar-refractivity contribution in [3.63, 3.8) is 0 Å². The van der Waals surface area contributed by atoms with Gasteiger partial charge in [0.1, 0.15) is 5.75 Å². The predicted molar refractivity (Wildman–Crippen MR) is 128 cm³/mol. The van der Waals surface area contributed by atoms with Crippen molar-refractivity contribution in [1.82, 2.24) is 0 Å². The molecule has 0 heterocycles. The molecule has 3 heteroatoms. The smallest absolute Gasteiger partial charge is 0.343 e. The van der Waals surface area contributed by atoms with Crippen LogP contribution >= 0.6 is 0 Å². The summed E-state index contributed by atoms with van der Waals surface area (Å²) in [6, 6.07) is 32.0. The van der Waals surface area contributed by atoms with E-state index >= 15 is 0 Å². The van der Waals surface area contributed by atoms with Gasteiger partial charge in [0, 0.05) is 5.56 Å². The van der Waals surface area contributed by atoms with Gasteiger partial charge in [-0.3, -0.25) is 4.79 Å². The van der Waals surface area contributed by atoms with Crippen LogP contribution in [0.4, 0.5) is 0 Å². The van der Waals surface area contributed by atoms with Gasteiger partial charge in [0.15, 0.2) is 5.78 Å². The van der Waals surface area contributed by atoms with E-state index in [1.807, 2.05) is 79.7 Å². The minimum absolute atomic E-state index is 0.0908. The van der Waals surface area contributed by atoms with Crippen LogP contribution in [0.5, 0.6) is 5.75 Å². The minimum atomic E-state index is -0.404. The van der Waals surface area contributed by atoms with Gasteiger partial charge in [-0.2, -0.15) is 0 Å². The first kappa shape index (κ1) is 21.0. The van der Waals surface area contributed by atoms with Crippen LogP contribution in [0.3, 0.4) is 0 Å². The fourth-order valence-corrected chi connectivity index (χ4v) is 3.37. The van der Waals surface area contributed by atoms with E-state index in [0.717, 1.165) is 22.3 Å². The summed E-state index contributed by atoms with van der Waals surface area (Å²) >= 11 is 0. The molecule has 156 valence electrons. The molecule has 0 saturated heterocycles. The number of esters is 1. The summed E-state index contributed by atoms with van der Waals surface area (Å²) in [5, 5.41) is 0. The van der Waals surface area contributed by atoms with E-state index in [1.165, 1.54) is 6.08 Å². The molecule has 3 nitrogen and oxygen atoms in total. The lowest BCUT2D eigenvalue weighted by molar-refractivity contribution is 0.0733. The van der Waals surface area contributed by atoms with Gasteiger partial charge >= 0.3 is 5.97 Å². The maximum absolute atomic E-state index is 12.6. The normalized spacial score (nSPS) is 10.8. The van der Waals surface area contributed by atoms with Crippen LogP contribution in [0.15, 0.2) is 109 Å². The van der Waals surface area contributed by atoms with Crippen LogP contribution in [0.1, 0.15) is 31.8 Å². The molecule has 0 unspecified atom stereocenters. The number of benzene rings is 4. The summed E-state index contributed by atoms with van der Waals surface area (Å²) < 4.78 is 5.51. The van der Waals surface area contributed by atoms with E-state index in [1.54, 1.807) is 36.4 Å². The van der Waals surface area contributed by atoms with Gasteiger partial charge in [-0.15, -0.1) is 0 Å². The molecule has 0 aliphatic rings. The zero-order chi connectivity index (χ0) is 22.3. The Morgan fingerprint density at radius 1 is 0.719 bits per heavy atom. The van der Waals surface area contributed by atoms with Crippen molar-refractivity contribution in [3.8, 4) is 16.9 Å². The Labute approximate surface area is 187 Å². The van der Waals surface area contributed by atoms with E-state index in [-0.39, 0.29) is 5.78 Å². The topological polar surface area (TPSA) is 43.4 Å². The van der Waals surface area contributed by atoms with E-state index < -0.39 is 5.97 Å².